The molecule has 0 aliphatic heterocycles. The highest BCUT2D eigenvalue weighted by molar-refractivity contribution is 4.66. The van der Waals surface area contributed by atoms with Crippen LogP contribution >= 0.6 is 0 Å². The highest BCUT2D eigenvalue weighted by Gasteiger charge is 2.12. The lowest BCUT2D eigenvalue weighted by Gasteiger charge is -2.27. The summed E-state index contributed by atoms with van der Waals surface area (Å²) < 4.78 is 24.2. The van der Waals surface area contributed by atoms with Crippen LogP contribution < -0.4 is 0 Å². The molecule has 118 valence electrons. The number of halogens is 2. The largest absolute Gasteiger partial charge is 0.302 e. The molecule has 0 saturated heterocycles. The van der Waals surface area contributed by atoms with Crippen LogP contribution in [0.1, 0.15) is 47.5 Å². The van der Waals surface area contributed by atoms with Crippen molar-refractivity contribution in [3.8, 4) is 0 Å². The molecular formula is C15H34F2N2. The first kappa shape index (κ1) is 21.1. The third kappa shape index (κ3) is 14.0. The molecule has 0 aromatic heterocycles. The SMILES string of the molecule is CC.CC(C)CCC(C)N(C)CCN(C)CC(F)F. The van der Waals surface area contributed by atoms with E-state index in [4.69, 9.17) is 0 Å². The van der Waals surface area contributed by atoms with Crippen molar-refractivity contribution < 1.29 is 8.78 Å². The molecule has 0 aliphatic rings. The lowest BCUT2D eigenvalue weighted by molar-refractivity contribution is 0.0931. The molecule has 0 spiro atoms. The average Bonchev–Trinajstić information content (AvgIpc) is 2.34. The highest BCUT2D eigenvalue weighted by Crippen LogP contribution is 2.10. The molecule has 0 heterocycles. The van der Waals surface area contributed by atoms with Crippen molar-refractivity contribution in [3.63, 3.8) is 0 Å². The van der Waals surface area contributed by atoms with Crippen molar-refractivity contribution in [1.29, 1.82) is 0 Å². The third-order valence-electron chi connectivity index (χ3n) is 3.20. The zero-order valence-corrected chi connectivity index (χ0v) is 13.9. The second-order valence-corrected chi connectivity index (χ2v) is 5.45. The minimum Gasteiger partial charge on any atom is -0.302 e. The summed E-state index contributed by atoms with van der Waals surface area (Å²) in [5.74, 6) is 0.729. The number of likely N-dealkylation sites (N-methyl/N-ethyl adjacent to an activating group) is 2. The van der Waals surface area contributed by atoms with Gasteiger partial charge in [-0.1, -0.05) is 27.7 Å². The van der Waals surface area contributed by atoms with Gasteiger partial charge in [0.25, 0.3) is 6.43 Å². The van der Waals surface area contributed by atoms with Gasteiger partial charge in [0.1, 0.15) is 0 Å². The third-order valence-corrected chi connectivity index (χ3v) is 3.20. The first-order valence-electron chi connectivity index (χ1n) is 7.49. The fraction of sp³-hybridized carbons (Fsp3) is 1.00. The second kappa shape index (κ2) is 12.8. The summed E-state index contributed by atoms with van der Waals surface area (Å²) in [5, 5.41) is 0. The van der Waals surface area contributed by atoms with Gasteiger partial charge >= 0.3 is 0 Å². The van der Waals surface area contributed by atoms with Gasteiger partial charge in [0.05, 0.1) is 6.54 Å². The maximum Gasteiger partial charge on any atom is 0.251 e. The van der Waals surface area contributed by atoms with Gasteiger partial charge in [-0.3, -0.25) is 4.90 Å². The van der Waals surface area contributed by atoms with Crippen molar-refractivity contribution in [2.45, 2.75) is 59.9 Å². The van der Waals surface area contributed by atoms with E-state index >= 15 is 0 Å². The molecule has 2 nitrogen and oxygen atoms in total. The van der Waals surface area contributed by atoms with E-state index in [1.807, 2.05) is 13.8 Å². The van der Waals surface area contributed by atoms with E-state index in [1.165, 1.54) is 12.8 Å². The molecule has 19 heavy (non-hydrogen) atoms. The van der Waals surface area contributed by atoms with Crippen LogP contribution in [-0.4, -0.2) is 56.0 Å². The Hall–Kier alpha value is -0.220. The van der Waals surface area contributed by atoms with E-state index in [0.717, 1.165) is 12.5 Å². The molecule has 0 fully saturated rings. The second-order valence-electron chi connectivity index (χ2n) is 5.45. The Balaban J connectivity index is 0. The summed E-state index contributed by atoms with van der Waals surface area (Å²) in [6.45, 7) is 12.1. The van der Waals surface area contributed by atoms with Gasteiger partial charge < -0.3 is 4.90 Å². The van der Waals surface area contributed by atoms with Crippen molar-refractivity contribution in [2.24, 2.45) is 5.92 Å². The van der Waals surface area contributed by atoms with Crippen LogP contribution in [0.25, 0.3) is 0 Å². The summed E-state index contributed by atoms with van der Waals surface area (Å²) in [6.07, 6.45) is 0.161. The molecular weight excluding hydrogens is 246 g/mol. The molecule has 0 bridgehead atoms. The zero-order chi connectivity index (χ0) is 15.4. The van der Waals surface area contributed by atoms with Crippen LogP contribution in [0.3, 0.4) is 0 Å². The topological polar surface area (TPSA) is 6.48 Å². The molecule has 0 N–H and O–H groups in total. The molecule has 1 unspecified atom stereocenters. The summed E-state index contributed by atoms with van der Waals surface area (Å²) in [4.78, 5) is 3.95. The maximum absolute atomic E-state index is 12.1. The first-order chi connectivity index (χ1) is 8.82. The fourth-order valence-electron chi connectivity index (χ4n) is 1.67. The molecule has 0 rings (SSSR count). The molecule has 4 heteroatoms. The number of alkyl halides is 2. The Labute approximate surface area is 119 Å². The normalized spacial score (nSPS) is 13.1. The van der Waals surface area contributed by atoms with Gasteiger partial charge in [0.2, 0.25) is 0 Å². The standard InChI is InChI=1S/C13H28F2N2.C2H6/c1-11(2)6-7-12(3)17(5)9-8-16(4)10-13(14)15;1-2/h11-13H,6-10H2,1-5H3;1-2H3. The smallest absolute Gasteiger partial charge is 0.251 e. The zero-order valence-electron chi connectivity index (χ0n) is 13.9. The van der Waals surface area contributed by atoms with Crippen LogP contribution in [0.4, 0.5) is 8.78 Å². The van der Waals surface area contributed by atoms with E-state index in [0.29, 0.717) is 12.6 Å². The van der Waals surface area contributed by atoms with Crippen LogP contribution in [0.15, 0.2) is 0 Å². The Kier molecular flexibility index (Phi) is 14.2. The predicted molar refractivity (Wildman–Crippen MR) is 81.0 cm³/mol. The van der Waals surface area contributed by atoms with Gasteiger partial charge in [-0.25, -0.2) is 8.78 Å². The van der Waals surface area contributed by atoms with Crippen molar-refractivity contribution in [2.75, 3.05) is 33.7 Å². The van der Waals surface area contributed by atoms with Gasteiger partial charge in [-0.05, 0) is 39.8 Å². The summed E-state index contributed by atoms with van der Waals surface area (Å²) >= 11 is 0. The lowest BCUT2D eigenvalue weighted by Crippen LogP contribution is -2.37. The summed E-state index contributed by atoms with van der Waals surface area (Å²) in [6, 6.07) is 0.525. The highest BCUT2D eigenvalue weighted by atomic mass is 19.3. The summed E-state index contributed by atoms with van der Waals surface area (Å²) in [5.41, 5.74) is 0. The van der Waals surface area contributed by atoms with Gasteiger partial charge in [-0.2, -0.15) is 0 Å². The van der Waals surface area contributed by atoms with Crippen LogP contribution in [0.5, 0.6) is 0 Å². The van der Waals surface area contributed by atoms with Gasteiger partial charge in [0.15, 0.2) is 0 Å². The number of nitrogens with zero attached hydrogens (tertiary/aromatic N) is 2. The minimum absolute atomic E-state index is 0.131. The van der Waals surface area contributed by atoms with E-state index in [1.54, 1.807) is 11.9 Å². The molecule has 0 aromatic rings. The molecule has 0 amide bonds. The van der Waals surface area contributed by atoms with E-state index in [9.17, 15) is 8.78 Å². The quantitative estimate of drug-likeness (QED) is 0.630. The monoisotopic (exact) mass is 280 g/mol. The van der Waals surface area contributed by atoms with E-state index in [2.05, 4.69) is 32.7 Å². The Morgan fingerprint density at radius 3 is 1.84 bits per heavy atom. The minimum atomic E-state index is -2.23. The van der Waals surface area contributed by atoms with Crippen LogP contribution in [0, 0.1) is 5.92 Å². The number of hydrogen-bond acceptors (Lipinski definition) is 2. The molecule has 0 saturated carbocycles. The fourth-order valence-corrected chi connectivity index (χ4v) is 1.67. The molecule has 0 aromatic carbocycles. The number of rotatable bonds is 9. The van der Waals surface area contributed by atoms with Crippen LogP contribution in [-0.2, 0) is 0 Å². The van der Waals surface area contributed by atoms with Crippen LogP contribution in [0.2, 0.25) is 0 Å². The van der Waals surface area contributed by atoms with Crippen molar-refractivity contribution in [3.05, 3.63) is 0 Å². The van der Waals surface area contributed by atoms with Crippen molar-refractivity contribution in [1.82, 2.24) is 9.80 Å². The van der Waals surface area contributed by atoms with Gasteiger partial charge in [-0.15, -0.1) is 0 Å². The average molecular weight is 280 g/mol. The summed E-state index contributed by atoms with van der Waals surface area (Å²) in [7, 11) is 3.82. The lowest BCUT2D eigenvalue weighted by atomic mass is 10.0. The van der Waals surface area contributed by atoms with Crippen molar-refractivity contribution >= 4 is 0 Å². The van der Waals surface area contributed by atoms with Gasteiger partial charge in [0, 0.05) is 19.1 Å². The Bertz CT molecular complexity index is 187. The first-order valence-corrected chi connectivity index (χ1v) is 7.49. The Morgan fingerprint density at radius 1 is 0.895 bits per heavy atom. The predicted octanol–water partition coefficient (Wildman–Crippen LogP) is 3.97. The van der Waals surface area contributed by atoms with E-state index < -0.39 is 6.43 Å². The molecule has 0 radical (unpaired) electrons. The Morgan fingerprint density at radius 2 is 1.42 bits per heavy atom. The molecule has 1 atom stereocenters. The maximum atomic E-state index is 12.1. The number of hydrogen-bond donors (Lipinski definition) is 0. The molecule has 0 aliphatic carbocycles. The van der Waals surface area contributed by atoms with E-state index in [-0.39, 0.29) is 6.54 Å².